The van der Waals surface area contributed by atoms with Crippen LogP contribution in [0.3, 0.4) is 0 Å². The Hall–Kier alpha value is -1.42. The number of aromatic hydroxyl groups is 1. The molecule has 0 aliphatic rings. The Morgan fingerprint density at radius 1 is 1.57 bits per heavy atom. The van der Waals surface area contributed by atoms with Crippen molar-refractivity contribution < 1.29 is 19.7 Å². The van der Waals surface area contributed by atoms with Crippen molar-refractivity contribution in [2.45, 2.75) is 6.42 Å². The average molecular weight is 217 g/mol. The largest absolute Gasteiger partial charge is 0.506 e. The lowest BCUT2D eigenvalue weighted by Crippen LogP contribution is -2.00. The van der Waals surface area contributed by atoms with Crippen LogP contribution in [0.25, 0.3) is 0 Å². The summed E-state index contributed by atoms with van der Waals surface area (Å²) in [5.41, 5.74) is 0.267. The third kappa shape index (κ3) is 2.09. The van der Waals surface area contributed by atoms with Gasteiger partial charge in [0.05, 0.1) is 13.5 Å². The molecule has 0 atom stereocenters. The molecule has 76 valence electrons. The van der Waals surface area contributed by atoms with Crippen molar-refractivity contribution in [3.63, 3.8) is 0 Å². The van der Waals surface area contributed by atoms with Crippen LogP contribution in [-0.4, -0.2) is 23.3 Å². The maximum Gasteiger partial charge on any atom is 0.307 e. The van der Waals surface area contributed by atoms with Crippen molar-refractivity contribution in [2.75, 3.05) is 7.11 Å². The van der Waals surface area contributed by atoms with Gasteiger partial charge in [0.1, 0.15) is 16.5 Å². The maximum absolute atomic E-state index is 10.4. The van der Waals surface area contributed by atoms with Gasteiger partial charge >= 0.3 is 5.97 Å². The zero-order chi connectivity index (χ0) is 10.7. The zero-order valence-corrected chi connectivity index (χ0v) is 8.21. The van der Waals surface area contributed by atoms with Gasteiger partial charge in [0.15, 0.2) is 0 Å². The van der Waals surface area contributed by atoms with E-state index >= 15 is 0 Å². The van der Waals surface area contributed by atoms with Crippen molar-refractivity contribution in [2.24, 2.45) is 0 Å². The molecule has 0 saturated carbocycles. The predicted molar refractivity (Wildman–Crippen MR) is 51.0 cm³/mol. The van der Waals surface area contributed by atoms with Crippen molar-refractivity contribution in [3.8, 4) is 11.5 Å². The standard InChI is InChI=1S/C9H9ClO4/c1-14-6-3-2-5(4-7(11)12)9(13)8(6)10/h2-3,13H,4H2,1H3,(H,11,12). The molecule has 1 rings (SSSR count). The summed E-state index contributed by atoms with van der Waals surface area (Å²) in [6, 6.07) is 2.98. The lowest BCUT2D eigenvalue weighted by atomic mass is 10.1. The molecule has 1 aromatic carbocycles. The van der Waals surface area contributed by atoms with Gasteiger partial charge in [-0.2, -0.15) is 0 Å². The molecule has 0 radical (unpaired) electrons. The molecule has 1 aromatic rings. The number of halogens is 1. The molecule has 0 bridgehead atoms. The minimum atomic E-state index is -1.03. The summed E-state index contributed by atoms with van der Waals surface area (Å²) in [5.74, 6) is -0.951. The molecule has 0 saturated heterocycles. The van der Waals surface area contributed by atoms with Gasteiger partial charge in [0, 0.05) is 5.56 Å². The fraction of sp³-hybridized carbons (Fsp3) is 0.222. The Morgan fingerprint density at radius 3 is 2.71 bits per heavy atom. The highest BCUT2D eigenvalue weighted by atomic mass is 35.5. The molecule has 0 aromatic heterocycles. The van der Waals surface area contributed by atoms with Gasteiger partial charge in [-0.15, -0.1) is 0 Å². The van der Waals surface area contributed by atoms with E-state index in [1.807, 2.05) is 0 Å². The van der Waals surface area contributed by atoms with Crippen LogP contribution in [0.15, 0.2) is 12.1 Å². The first-order valence-electron chi connectivity index (χ1n) is 3.82. The van der Waals surface area contributed by atoms with Crippen LogP contribution >= 0.6 is 11.6 Å². The van der Waals surface area contributed by atoms with Crippen molar-refractivity contribution >= 4 is 17.6 Å². The second-order valence-corrected chi connectivity index (χ2v) is 3.04. The molecule has 0 aliphatic heterocycles. The molecule has 0 spiro atoms. The Labute approximate surface area is 85.7 Å². The molecule has 4 nitrogen and oxygen atoms in total. The van der Waals surface area contributed by atoms with E-state index in [9.17, 15) is 9.90 Å². The lowest BCUT2D eigenvalue weighted by Gasteiger charge is -2.07. The van der Waals surface area contributed by atoms with Gasteiger partial charge in [-0.1, -0.05) is 17.7 Å². The highest BCUT2D eigenvalue weighted by molar-refractivity contribution is 6.33. The predicted octanol–water partition coefficient (Wildman–Crippen LogP) is 1.68. The normalized spacial score (nSPS) is 9.86. The number of ether oxygens (including phenoxy) is 1. The second kappa shape index (κ2) is 4.19. The fourth-order valence-electron chi connectivity index (χ4n) is 1.05. The molecule has 0 fully saturated rings. The first-order valence-corrected chi connectivity index (χ1v) is 4.20. The van der Waals surface area contributed by atoms with E-state index in [1.165, 1.54) is 19.2 Å². The third-order valence-corrected chi connectivity index (χ3v) is 2.09. The lowest BCUT2D eigenvalue weighted by molar-refractivity contribution is -0.136. The number of carboxylic acids is 1. The van der Waals surface area contributed by atoms with Gasteiger partial charge in [-0.25, -0.2) is 0 Å². The van der Waals surface area contributed by atoms with Crippen LogP contribution in [-0.2, 0) is 11.2 Å². The Balaban J connectivity index is 3.10. The van der Waals surface area contributed by atoms with E-state index in [4.69, 9.17) is 21.4 Å². The first-order chi connectivity index (χ1) is 6.56. The van der Waals surface area contributed by atoms with Crippen LogP contribution in [0.5, 0.6) is 11.5 Å². The van der Waals surface area contributed by atoms with Crippen LogP contribution in [0.2, 0.25) is 5.02 Å². The first kappa shape index (κ1) is 10.7. The summed E-state index contributed by atoms with van der Waals surface area (Å²) < 4.78 is 4.85. The van der Waals surface area contributed by atoms with Crippen molar-refractivity contribution in [1.29, 1.82) is 0 Å². The number of benzene rings is 1. The van der Waals surface area contributed by atoms with Crippen LogP contribution in [0.1, 0.15) is 5.56 Å². The second-order valence-electron chi connectivity index (χ2n) is 2.66. The number of carbonyl (C=O) groups is 1. The van der Waals surface area contributed by atoms with Crippen molar-refractivity contribution in [1.82, 2.24) is 0 Å². The van der Waals surface area contributed by atoms with Crippen LogP contribution in [0, 0.1) is 0 Å². The molecule has 0 heterocycles. The molecule has 5 heteroatoms. The molecular formula is C9H9ClO4. The molecule has 14 heavy (non-hydrogen) atoms. The fourth-order valence-corrected chi connectivity index (χ4v) is 1.31. The topological polar surface area (TPSA) is 66.8 Å². The van der Waals surface area contributed by atoms with E-state index in [0.29, 0.717) is 5.75 Å². The molecule has 0 amide bonds. The van der Waals surface area contributed by atoms with Gasteiger partial charge in [-0.05, 0) is 6.07 Å². The Bertz CT molecular complexity index is 362. The van der Waals surface area contributed by atoms with Crippen molar-refractivity contribution in [3.05, 3.63) is 22.7 Å². The number of methoxy groups -OCH3 is 1. The van der Waals surface area contributed by atoms with Crippen LogP contribution in [0.4, 0.5) is 0 Å². The number of phenolic OH excluding ortho intramolecular Hbond substituents is 1. The van der Waals surface area contributed by atoms with E-state index in [-0.39, 0.29) is 22.8 Å². The van der Waals surface area contributed by atoms with Gasteiger partial charge < -0.3 is 14.9 Å². The smallest absolute Gasteiger partial charge is 0.307 e. The highest BCUT2D eigenvalue weighted by Gasteiger charge is 2.13. The number of hydrogen-bond acceptors (Lipinski definition) is 3. The number of hydrogen-bond donors (Lipinski definition) is 2. The minimum Gasteiger partial charge on any atom is -0.506 e. The van der Waals surface area contributed by atoms with Gasteiger partial charge in [0.25, 0.3) is 0 Å². The number of phenols is 1. The Kier molecular flexibility index (Phi) is 3.19. The number of rotatable bonds is 3. The molecule has 2 N–H and O–H groups in total. The Morgan fingerprint density at radius 2 is 2.21 bits per heavy atom. The quantitative estimate of drug-likeness (QED) is 0.807. The number of aliphatic carboxylic acids is 1. The SMILES string of the molecule is COc1ccc(CC(=O)O)c(O)c1Cl. The molecule has 0 unspecified atom stereocenters. The zero-order valence-electron chi connectivity index (χ0n) is 7.45. The van der Waals surface area contributed by atoms with Gasteiger partial charge in [-0.3, -0.25) is 4.79 Å². The summed E-state index contributed by atoms with van der Waals surface area (Å²) in [6.07, 6.45) is -0.268. The van der Waals surface area contributed by atoms with E-state index in [1.54, 1.807) is 0 Å². The average Bonchev–Trinajstić information content (AvgIpc) is 2.13. The minimum absolute atomic E-state index is 0.0336. The third-order valence-electron chi connectivity index (χ3n) is 1.73. The molecular weight excluding hydrogens is 208 g/mol. The monoisotopic (exact) mass is 216 g/mol. The number of carboxylic acid groups (broad SMARTS) is 1. The summed E-state index contributed by atoms with van der Waals surface area (Å²) in [6.45, 7) is 0. The maximum atomic E-state index is 10.4. The van der Waals surface area contributed by atoms with E-state index < -0.39 is 5.97 Å². The summed E-state index contributed by atoms with van der Waals surface area (Å²) in [5, 5.41) is 18.0. The van der Waals surface area contributed by atoms with Crippen LogP contribution < -0.4 is 4.74 Å². The van der Waals surface area contributed by atoms with Gasteiger partial charge in [0.2, 0.25) is 0 Å². The summed E-state index contributed by atoms with van der Waals surface area (Å²) in [4.78, 5) is 10.4. The van der Waals surface area contributed by atoms with E-state index in [0.717, 1.165) is 0 Å². The summed E-state index contributed by atoms with van der Waals surface area (Å²) in [7, 11) is 1.41. The molecule has 0 aliphatic carbocycles. The summed E-state index contributed by atoms with van der Waals surface area (Å²) >= 11 is 5.71. The highest BCUT2D eigenvalue weighted by Crippen LogP contribution is 2.35. The van der Waals surface area contributed by atoms with E-state index in [2.05, 4.69) is 0 Å².